The molecular formula is C16H21NO2. The molecule has 1 fully saturated rings. The van der Waals surface area contributed by atoms with E-state index in [1.54, 1.807) is 24.3 Å². The molecule has 0 bridgehead atoms. The molecule has 1 aliphatic rings. The van der Waals surface area contributed by atoms with E-state index in [1.165, 1.54) is 38.5 Å². The topological polar surface area (TPSA) is 46.2 Å². The lowest BCUT2D eigenvalue weighted by molar-refractivity contribution is -0.117. The maximum atomic E-state index is 12.0. The molecule has 3 nitrogen and oxygen atoms in total. The molecular weight excluding hydrogens is 238 g/mol. The summed E-state index contributed by atoms with van der Waals surface area (Å²) < 4.78 is 0. The van der Waals surface area contributed by atoms with Crippen LogP contribution in [0.25, 0.3) is 0 Å². The minimum absolute atomic E-state index is 0.0887. The molecule has 0 spiro atoms. The van der Waals surface area contributed by atoms with Gasteiger partial charge in [-0.25, -0.2) is 0 Å². The Hall–Kier alpha value is -1.64. The summed E-state index contributed by atoms with van der Waals surface area (Å²) >= 11 is 0. The Morgan fingerprint density at radius 3 is 2.32 bits per heavy atom. The Morgan fingerprint density at radius 2 is 1.74 bits per heavy atom. The van der Waals surface area contributed by atoms with Crippen molar-refractivity contribution in [2.24, 2.45) is 5.92 Å². The van der Waals surface area contributed by atoms with Crippen molar-refractivity contribution in [3.63, 3.8) is 0 Å². The van der Waals surface area contributed by atoms with Crippen molar-refractivity contribution < 1.29 is 9.59 Å². The molecule has 0 aromatic heterocycles. The van der Waals surface area contributed by atoms with Gasteiger partial charge in [-0.1, -0.05) is 25.7 Å². The van der Waals surface area contributed by atoms with Gasteiger partial charge in [-0.15, -0.1) is 0 Å². The van der Waals surface area contributed by atoms with Crippen LogP contribution >= 0.6 is 0 Å². The minimum Gasteiger partial charge on any atom is -0.326 e. The number of aldehydes is 1. The molecule has 0 saturated heterocycles. The van der Waals surface area contributed by atoms with Crippen LogP contribution in [0.1, 0.15) is 55.3 Å². The molecule has 0 atom stereocenters. The van der Waals surface area contributed by atoms with E-state index < -0.39 is 0 Å². The van der Waals surface area contributed by atoms with Gasteiger partial charge < -0.3 is 5.32 Å². The van der Waals surface area contributed by atoms with E-state index in [0.29, 0.717) is 17.9 Å². The van der Waals surface area contributed by atoms with Crippen LogP contribution in [0.4, 0.5) is 5.69 Å². The Kier molecular flexibility index (Phi) is 5.13. The number of nitrogens with one attached hydrogen (secondary N) is 1. The number of anilines is 1. The van der Waals surface area contributed by atoms with E-state index in [-0.39, 0.29) is 5.91 Å². The minimum atomic E-state index is 0.0887. The Bertz CT molecular complexity index is 417. The summed E-state index contributed by atoms with van der Waals surface area (Å²) in [5.74, 6) is 0.627. The summed E-state index contributed by atoms with van der Waals surface area (Å²) in [4.78, 5) is 22.5. The number of carbonyl (C=O) groups excluding carboxylic acids is 2. The van der Waals surface area contributed by atoms with Gasteiger partial charge in [0.05, 0.1) is 0 Å². The fourth-order valence-corrected chi connectivity index (χ4v) is 2.69. The van der Waals surface area contributed by atoms with Gasteiger partial charge in [0.25, 0.3) is 0 Å². The van der Waals surface area contributed by atoms with E-state index in [1.807, 2.05) is 0 Å². The van der Waals surface area contributed by atoms with Crippen LogP contribution in [0.15, 0.2) is 24.3 Å². The predicted octanol–water partition coefficient (Wildman–Crippen LogP) is 3.80. The van der Waals surface area contributed by atoms with Crippen molar-refractivity contribution in [3.05, 3.63) is 29.8 Å². The van der Waals surface area contributed by atoms with E-state index in [0.717, 1.165) is 12.0 Å². The third-order valence-corrected chi connectivity index (χ3v) is 3.78. The van der Waals surface area contributed by atoms with Crippen molar-refractivity contribution in [2.45, 2.75) is 44.9 Å². The zero-order valence-corrected chi connectivity index (χ0v) is 11.2. The predicted molar refractivity (Wildman–Crippen MR) is 76.3 cm³/mol. The van der Waals surface area contributed by atoms with Gasteiger partial charge in [-0.2, -0.15) is 0 Å². The first-order valence-electron chi connectivity index (χ1n) is 7.13. The molecule has 0 aliphatic heterocycles. The molecule has 1 amide bonds. The summed E-state index contributed by atoms with van der Waals surface area (Å²) in [6.45, 7) is 0. The highest BCUT2D eigenvalue weighted by atomic mass is 16.1. The smallest absolute Gasteiger partial charge is 0.224 e. The first kappa shape index (κ1) is 13.8. The molecule has 0 heterocycles. The van der Waals surface area contributed by atoms with Crippen LogP contribution in [0.5, 0.6) is 0 Å². The Balaban J connectivity index is 1.83. The molecule has 3 heteroatoms. The number of benzene rings is 1. The van der Waals surface area contributed by atoms with Gasteiger partial charge >= 0.3 is 0 Å². The fraction of sp³-hybridized carbons (Fsp3) is 0.500. The maximum Gasteiger partial charge on any atom is 0.224 e. The van der Waals surface area contributed by atoms with Gasteiger partial charge in [0.2, 0.25) is 5.91 Å². The zero-order valence-electron chi connectivity index (χ0n) is 11.2. The average Bonchev–Trinajstić information content (AvgIpc) is 2.68. The van der Waals surface area contributed by atoms with Crippen molar-refractivity contribution in [1.29, 1.82) is 0 Å². The molecule has 19 heavy (non-hydrogen) atoms. The van der Waals surface area contributed by atoms with Crippen molar-refractivity contribution in [3.8, 4) is 0 Å². The summed E-state index contributed by atoms with van der Waals surface area (Å²) in [6, 6.07) is 6.98. The number of amides is 1. The largest absolute Gasteiger partial charge is 0.326 e. The van der Waals surface area contributed by atoms with Gasteiger partial charge in [0.1, 0.15) is 6.29 Å². The van der Waals surface area contributed by atoms with Gasteiger partial charge in [0.15, 0.2) is 0 Å². The average molecular weight is 259 g/mol. The molecule has 0 radical (unpaired) electrons. The lowest BCUT2D eigenvalue weighted by Gasteiger charge is -2.13. The van der Waals surface area contributed by atoms with Crippen LogP contribution in [-0.2, 0) is 4.79 Å². The fourth-order valence-electron chi connectivity index (χ4n) is 2.69. The molecule has 2 rings (SSSR count). The number of rotatable bonds is 4. The summed E-state index contributed by atoms with van der Waals surface area (Å²) in [5, 5.41) is 2.91. The molecule has 1 aromatic rings. The summed E-state index contributed by atoms with van der Waals surface area (Å²) in [6.07, 6.45) is 8.91. The van der Waals surface area contributed by atoms with E-state index in [4.69, 9.17) is 0 Å². The number of carbonyl (C=O) groups is 2. The first-order valence-corrected chi connectivity index (χ1v) is 7.13. The third kappa shape index (κ3) is 4.51. The molecule has 1 aliphatic carbocycles. The van der Waals surface area contributed by atoms with Crippen LogP contribution in [0.3, 0.4) is 0 Å². The van der Waals surface area contributed by atoms with Crippen molar-refractivity contribution in [2.75, 3.05) is 5.32 Å². The second-order valence-corrected chi connectivity index (χ2v) is 5.35. The monoisotopic (exact) mass is 259 g/mol. The molecule has 0 unspecified atom stereocenters. The van der Waals surface area contributed by atoms with Gasteiger partial charge in [-0.05, 0) is 43.0 Å². The van der Waals surface area contributed by atoms with Crippen molar-refractivity contribution in [1.82, 2.24) is 0 Å². The Morgan fingerprint density at radius 1 is 1.11 bits per heavy atom. The Labute approximate surface area is 114 Å². The highest BCUT2D eigenvalue weighted by Gasteiger charge is 2.16. The summed E-state index contributed by atoms with van der Waals surface area (Å²) in [5.41, 5.74) is 1.39. The lowest BCUT2D eigenvalue weighted by atomic mass is 9.96. The second-order valence-electron chi connectivity index (χ2n) is 5.35. The van der Waals surface area contributed by atoms with Gasteiger partial charge in [0, 0.05) is 17.7 Å². The quantitative estimate of drug-likeness (QED) is 0.660. The summed E-state index contributed by atoms with van der Waals surface area (Å²) in [7, 11) is 0. The normalized spacial score (nSPS) is 16.6. The second kappa shape index (κ2) is 7.07. The van der Waals surface area contributed by atoms with E-state index in [2.05, 4.69) is 5.32 Å². The van der Waals surface area contributed by atoms with Crippen molar-refractivity contribution >= 4 is 17.9 Å². The highest BCUT2D eigenvalue weighted by molar-refractivity contribution is 5.91. The van der Waals surface area contributed by atoms with E-state index >= 15 is 0 Å². The van der Waals surface area contributed by atoms with Crippen LogP contribution in [-0.4, -0.2) is 12.2 Å². The van der Waals surface area contributed by atoms with Gasteiger partial charge in [-0.3, -0.25) is 9.59 Å². The van der Waals surface area contributed by atoms with Crippen LogP contribution in [0, 0.1) is 5.92 Å². The molecule has 102 valence electrons. The highest BCUT2D eigenvalue weighted by Crippen LogP contribution is 2.25. The molecule has 1 N–H and O–H groups in total. The SMILES string of the molecule is O=Cc1ccc(NC(=O)CC2CCCCCC2)cc1. The molecule has 1 saturated carbocycles. The van der Waals surface area contributed by atoms with Crippen LogP contribution < -0.4 is 5.32 Å². The standard InChI is InChI=1S/C16H21NO2/c18-12-14-7-9-15(10-8-14)17-16(19)11-13-5-3-1-2-4-6-13/h7-10,12-13H,1-6,11H2,(H,17,19). The number of hydrogen-bond donors (Lipinski definition) is 1. The first-order chi connectivity index (χ1) is 9.28. The van der Waals surface area contributed by atoms with E-state index in [9.17, 15) is 9.59 Å². The number of hydrogen-bond acceptors (Lipinski definition) is 2. The third-order valence-electron chi connectivity index (χ3n) is 3.78. The lowest BCUT2D eigenvalue weighted by Crippen LogP contribution is -2.16. The molecule has 1 aromatic carbocycles. The van der Waals surface area contributed by atoms with Crippen LogP contribution in [0.2, 0.25) is 0 Å². The maximum absolute atomic E-state index is 12.0. The zero-order chi connectivity index (χ0) is 13.5.